The maximum Gasteiger partial charge on any atom is 0.343 e. The summed E-state index contributed by atoms with van der Waals surface area (Å²) >= 11 is 0. The van der Waals surface area contributed by atoms with Crippen molar-refractivity contribution in [2.45, 2.75) is 26.7 Å². The van der Waals surface area contributed by atoms with Gasteiger partial charge < -0.3 is 9.30 Å². The first-order valence-electron chi connectivity index (χ1n) is 8.33. The molecule has 2 aromatic rings. The van der Waals surface area contributed by atoms with E-state index in [1.54, 1.807) is 25.6 Å². The van der Waals surface area contributed by atoms with E-state index in [0.717, 1.165) is 17.7 Å². The maximum absolute atomic E-state index is 11.9. The van der Waals surface area contributed by atoms with Gasteiger partial charge in [-0.3, -0.25) is 10.4 Å². The first-order chi connectivity index (χ1) is 12.0. The minimum Gasteiger partial charge on any atom is -0.462 e. The average molecular weight is 340 g/mol. The molecule has 132 valence electrons. The van der Waals surface area contributed by atoms with Crippen molar-refractivity contribution >= 4 is 11.7 Å². The Hall–Kier alpha value is -2.76. The lowest BCUT2D eigenvalue weighted by Crippen LogP contribution is -2.30. The molecule has 0 unspecified atom stereocenters. The highest BCUT2D eigenvalue weighted by Crippen LogP contribution is 2.09. The molecule has 1 heterocycles. The SMILES string of the molecule is CCOC(=O)c1cnc(CC(=NC)c2ccc(CC)cc2)n(C)c1=N. The largest absolute Gasteiger partial charge is 0.462 e. The van der Waals surface area contributed by atoms with Crippen LogP contribution in [0.1, 0.15) is 41.2 Å². The molecule has 1 N–H and O–H groups in total. The Labute approximate surface area is 147 Å². The van der Waals surface area contributed by atoms with Crippen LogP contribution in [0.2, 0.25) is 0 Å². The third-order valence-corrected chi connectivity index (χ3v) is 4.11. The molecule has 0 saturated heterocycles. The van der Waals surface area contributed by atoms with Crippen LogP contribution < -0.4 is 5.49 Å². The van der Waals surface area contributed by atoms with Crippen LogP contribution >= 0.6 is 0 Å². The van der Waals surface area contributed by atoms with Crippen LogP contribution in [0.25, 0.3) is 0 Å². The van der Waals surface area contributed by atoms with Crippen LogP contribution in [0.15, 0.2) is 35.5 Å². The van der Waals surface area contributed by atoms with Gasteiger partial charge in [0.05, 0.1) is 6.61 Å². The Balaban J connectivity index is 2.30. The Bertz CT molecular complexity index is 835. The van der Waals surface area contributed by atoms with E-state index in [4.69, 9.17) is 10.1 Å². The number of rotatable bonds is 6. The highest BCUT2D eigenvalue weighted by molar-refractivity contribution is 6.01. The van der Waals surface area contributed by atoms with E-state index in [9.17, 15) is 4.79 Å². The second-order valence-electron chi connectivity index (χ2n) is 5.61. The topological polar surface area (TPSA) is 80.3 Å². The number of carbonyl (C=O) groups is 1. The van der Waals surface area contributed by atoms with Crippen molar-refractivity contribution in [3.05, 3.63) is 58.5 Å². The second kappa shape index (κ2) is 8.37. The minimum absolute atomic E-state index is 0.0835. The minimum atomic E-state index is -0.526. The van der Waals surface area contributed by atoms with Gasteiger partial charge in [0.25, 0.3) is 0 Å². The number of nitrogens with zero attached hydrogens (tertiary/aromatic N) is 3. The molecule has 0 fully saturated rings. The van der Waals surface area contributed by atoms with Gasteiger partial charge in [0, 0.05) is 32.4 Å². The summed E-state index contributed by atoms with van der Waals surface area (Å²) < 4.78 is 6.56. The monoisotopic (exact) mass is 340 g/mol. The van der Waals surface area contributed by atoms with Gasteiger partial charge in [-0.1, -0.05) is 31.2 Å². The first-order valence-corrected chi connectivity index (χ1v) is 8.33. The number of benzene rings is 1. The molecule has 0 bridgehead atoms. The lowest BCUT2D eigenvalue weighted by atomic mass is 10.0. The zero-order chi connectivity index (χ0) is 18.4. The van der Waals surface area contributed by atoms with Gasteiger partial charge in [0.15, 0.2) is 0 Å². The zero-order valence-electron chi connectivity index (χ0n) is 15.2. The number of hydrogen-bond donors (Lipinski definition) is 1. The molecule has 0 spiro atoms. The number of aromatic nitrogens is 2. The van der Waals surface area contributed by atoms with Crippen molar-refractivity contribution in [3.8, 4) is 0 Å². The van der Waals surface area contributed by atoms with Gasteiger partial charge in [-0.2, -0.15) is 0 Å². The van der Waals surface area contributed by atoms with Crippen LogP contribution in [-0.4, -0.2) is 34.9 Å². The summed E-state index contributed by atoms with van der Waals surface area (Å²) in [6.45, 7) is 4.12. The van der Waals surface area contributed by atoms with E-state index in [2.05, 4.69) is 41.2 Å². The number of ether oxygens (including phenoxy) is 1. The van der Waals surface area contributed by atoms with Crippen LogP contribution in [0, 0.1) is 5.41 Å². The molecule has 1 aromatic heterocycles. The summed E-state index contributed by atoms with van der Waals surface area (Å²) in [4.78, 5) is 20.6. The number of esters is 1. The fourth-order valence-electron chi connectivity index (χ4n) is 2.51. The van der Waals surface area contributed by atoms with E-state index in [0.29, 0.717) is 12.2 Å². The first kappa shape index (κ1) is 18.6. The van der Waals surface area contributed by atoms with Gasteiger partial charge in [-0.15, -0.1) is 0 Å². The summed E-state index contributed by atoms with van der Waals surface area (Å²) in [6.07, 6.45) is 2.88. The molecule has 0 atom stereocenters. The predicted molar refractivity (Wildman–Crippen MR) is 97.0 cm³/mol. The van der Waals surface area contributed by atoms with Crippen LogP contribution in [-0.2, 0) is 24.6 Å². The third kappa shape index (κ3) is 4.21. The fourth-order valence-corrected chi connectivity index (χ4v) is 2.51. The molecule has 6 heteroatoms. The Morgan fingerprint density at radius 2 is 1.96 bits per heavy atom. The van der Waals surface area contributed by atoms with Crippen molar-refractivity contribution in [2.24, 2.45) is 12.0 Å². The molecule has 25 heavy (non-hydrogen) atoms. The van der Waals surface area contributed by atoms with Crippen LogP contribution in [0.4, 0.5) is 0 Å². The van der Waals surface area contributed by atoms with Crippen molar-refractivity contribution in [3.63, 3.8) is 0 Å². The maximum atomic E-state index is 11.9. The summed E-state index contributed by atoms with van der Waals surface area (Å²) in [5, 5.41) is 8.19. The van der Waals surface area contributed by atoms with Crippen molar-refractivity contribution in [2.75, 3.05) is 13.7 Å². The highest BCUT2D eigenvalue weighted by Gasteiger charge is 2.15. The third-order valence-electron chi connectivity index (χ3n) is 4.11. The average Bonchev–Trinajstić information content (AvgIpc) is 2.63. The molecule has 2 rings (SSSR count). The Morgan fingerprint density at radius 3 is 2.52 bits per heavy atom. The van der Waals surface area contributed by atoms with E-state index in [-0.39, 0.29) is 17.7 Å². The summed E-state index contributed by atoms with van der Waals surface area (Å²) in [5.41, 5.74) is 3.43. The number of aryl methyl sites for hydroxylation is 1. The molecular weight excluding hydrogens is 316 g/mol. The Kier molecular flexibility index (Phi) is 6.22. The Morgan fingerprint density at radius 1 is 1.28 bits per heavy atom. The highest BCUT2D eigenvalue weighted by atomic mass is 16.5. The summed E-state index contributed by atoms with van der Waals surface area (Å²) in [7, 11) is 3.47. The lowest BCUT2D eigenvalue weighted by molar-refractivity contribution is 0.0522. The summed E-state index contributed by atoms with van der Waals surface area (Å²) in [5.74, 6) is 0.139. The molecule has 0 aliphatic rings. The normalized spacial score (nSPS) is 11.4. The van der Waals surface area contributed by atoms with Gasteiger partial charge in [0.2, 0.25) is 0 Å². The van der Waals surface area contributed by atoms with E-state index in [1.165, 1.54) is 11.8 Å². The smallest absolute Gasteiger partial charge is 0.343 e. The van der Waals surface area contributed by atoms with Gasteiger partial charge >= 0.3 is 5.97 Å². The molecule has 0 radical (unpaired) electrons. The molecule has 6 nitrogen and oxygen atoms in total. The fraction of sp³-hybridized carbons (Fsp3) is 0.368. The predicted octanol–water partition coefficient (Wildman–Crippen LogP) is 2.30. The second-order valence-corrected chi connectivity index (χ2v) is 5.61. The zero-order valence-corrected chi connectivity index (χ0v) is 15.2. The van der Waals surface area contributed by atoms with Crippen molar-refractivity contribution < 1.29 is 9.53 Å². The van der Waals surface area contributed by atoms with E-state index in [1.807, 2.05) is 0 Å². The quantitative estimate of drug-likeness (QED) is 0.647. The van der Waals surface area contributed by atoms with Crippen LogP contribution in [0.5, 0.6) is 0 Å². The van der Waals surface area contributed by atoms with Gasteiger partial charge in [0.1, 0.15) is 16.9 Å². The molecule has 1 aromatic carbocycles. The lowest BCUT2D eigenvalue weighted by Gasteiger charge is -2.12. The number of nitrogens with one attached hydrogen (secondary N) is 1. The molecule has 0 saturated carbocycles. The molecular formula is C19H24N4O2. The van der Waals surface area contributed by atoms with E-state index < -0.39 is 5.97 Å². The summed E-state index contributed by atoms with van der Waals surface area (Å²) in [6, 6.07) is 8.28. The standard InChI is InChI=1S/C19H24N4O2/c1-5-13-7-9-14(10-8-13)16(21-3)11-17-22-12-15(18(20)23(17)4)19(24)25-6-2/h7-10,12,20H,5-6,11H2,1-4H3. The van der Waals surface area contributed by atoms with E-state index >= 15 is 0 Å². The van der Waals surface area contributed by atoms with Gasteiger partial charge in [-0.25, -0.2) is 9.78 Å². The molecule has 0 amide bonds. The molecule has 0 aliphatic carbocycles. The van der Waals surface area contributed by atoms with Crippen molar-refractivity contribution in [1.29, 1.82) is 5.41 Å². The van der Waals surface area contributed by atoms with Crippen molar-refractivity contribution in [1.82, 2.24) is 9.55 Å². The van der Waals surface area contributed by atoms with Crippen LogP contribution in [0.3, 0.4) is 0 Å². The van der Waals surface area contributed by atoms with Gasteiger partial charge in [-0.05, 0) is 24.5 Å². The number of carbonyl (C=O) groups excluding carboxylic acids is 1. The molecule has 0 aliphatic heterocycles. The number of hydrogen-bond acceptors (Lipinski definition) is 5. The number of aliphatic imine (C=N–C) groups is 1.